The second-order valence-electron chi connectivity index (χ2n) is 4.62. The largest absolute Gasteiger partial charge is 0.325 e. The maximum Gasteiger partial charge on any atom is 0.234 e. The van der Waals surface area contributed by atoms with Crippen LogP contribution in [-0.2, 0) is 4.79 Å². The molecule has 0 fully saturated rings. The maximum absolute atomic E-state index is 12.0. The van der Waals surface area contributed by atoms with Crippen LogP contribution >= 0.6 is 34.7 Å². The minimum atomic E-state index is -0.137. The Kier molecular flexibility index (Phi) is 4.82. The van der Waals surface area contributed by atoms with Crippen LogP contribution in [-0.4, -0.2) is 16.6 Å². The highest BCUT2D eigenvalue weighted by Crippen LogP contribution is 2.31. The van der Waals surface area contributed by atoms with Gasteiger partial charge in [-0.2, -0.15) is 5.26 Å². The lowest BCUT2D eigenvalue weighted by atomic mass is 10.2. The summed E-state index contributed by atoms with van der Waals surface area (Å²) in [5.74, 6) is 0.118. The van der Waals surface area contributed by atoms with Crippen LogP contribution in [0.25, 0.3) is 10.2 Å². The summed E-state index contributed by atoms with van der Waals surface area (Å²) in [7, 11) is 0. The summed E-state index contributed by atoms with van der Waals surface area (Å²) in [5.41, 5.74) is 1.97. The van der Waals surface area contributed by atoms with Crippen molar-refractivity contribution in [1.82, 2.24) is 4.98 Å². The van der Waals surface area contributed by atoms with Gasteiger partial charge in [0.05, 0.1) is 27.6 Å². The van der Waals surface area contributed by atoms with Crippen molar-refractivity contribution in [3.63, 3.8) is 0 Å². The number of benzene rings is 2. The fraction of sp³-hybridized carbons (Fsp3) is 0.0625. The minimum Gasteiger partial charge on any atom is -0.325 e. The predicted molar refractivity (Wildman–Crippen MR) is 95.1 cm³/mol. The Bertz CT molecular complexity index is 917. The number of hydrogen-bond donors (Lipinski definition) is 1. The number of halogens is 1. The lowest BCUT2D eigenvalue weighted by Gasteiger charge is -2.04. The van der Waals surface area contributed by atoms with Crippen molar-refractivity contribution < 1.29 is 4.79 Å². The van der Waals surface area contributed by atoms with Crippen LogP contribution in [0.3, 0.4) is 0 Å². The van der Waals surface area contributed by atoms with Crippen molar-refractivity contribution >= 4 is 56.5 Å². The number of thiazole rings is 1. The zero-order valence-corrected chi connectivity index (χ0v) is 14.1. The molecule has 0 spiro atoms. The quantitative estimate of drug-likeness (QED) is 0.694. The first-order valence-electron chi connectivity index (χ1n) is 6.63. The molecule has 0 aliphatic rings. The van der Waals surface area contributed by atoms with Crippen molar-refractivity contribution in [3.05, 3.63) is 53.1 Å². The van der Waals surface area contributed by atoms with E-state index in [1.54, 1.807) is 24.3 Å². The van der Waals surface area contributed by atoms with Gasteiger partial charge >= 0.3 is 0 Å². The molecule has 23 heavy (non-hydrogen) atoms. The number of rotatable bonds is 4. The molecule has 0 radical (unpaired) electrons. The molecular weight excluding hydrogens is 350 g/mol. The summed E-state index contributed by atoms with van der Waals surface area (Å²) in [5, 5.41) is 12.3. The van der Waals surface area contributed by atoms with Crippen molar-refractivity contribution in [2.75, 3.05) is 11.1 Å². The number of nitrogens with zero attached hydrogens (tertiary/aromatic N) is 2. The summed E-state index contributed by atoms with van der Waals surface area (Å²) in [6.07, 6.45) is 0. The van der Waals surface area contributed by atoms with Crippen LogP contribution in [0.4, 0.5) is 5.69 Å². The third-order valence-electron chi connectivity index (χ3n) is 2.93. The fourth-order valence-electron chi connectivity index (χ4n) is 1.93. The van der Waals surface area contributed by atoms with Crippen molar-refractivity contribution in [2.45, 2.75) is 4.34 Å². The highest BCUT2D eigenvalue weighted by atomic mass is 35.5. The summed E-state index contributed by atoms with van der Waals surface area (Å²) in [6.45, 7) is 0. The third kappa shape index (κ3) is 4.02. The number of nitrogens with one attached hydrogen (secondary N) is 1. The van der Waals surface area contributed by atoms with Gasteiger partial charge in [0.2, 0.25) is 5.91 Å². The second kappa shape index (κ2) is 7.01. The Morgan fingerprint density at radius 2 is 2.22 bits per heavy atom. The van der Waals surface area contributed by atoms with E-state index in [1.807, 2.05) is 24.3 Å². The number of amides is 1. The molecule has 0 unspecified atom stereocenters. The van der Waals surface area contributed by atoms with Gasteiger partial charge in [-0.05, 0) is 36.4 Å². The maximum atomic E-state index is 12.0. The number of hydrogen-bond acceptors (Lipinski definition) is 5. The SMILES string of the molecule is N#Cc1cccc(NC(=O)CSc2nc3cc(Cl)ccc3s2)c1. The van der Waals surface area contributed by atoms with Gasteiger partial charge in [0, 0.05) is 10.7 Å². The molecule has 7 heteroatoms. The molecule has 4 nitrogen and oxygen atoms in total. The van der Waals surface area contributed by atoms with Crippen molar-refractivity contribution in [2.24, 2.45) is 0 Å². The van der Waals surface area contributed by atoms with Gasteiger partial charge < -0.3 is 5.32 Å². The van der Waals surface area contributed by atoms with Crippen LogP contribution in [0.2, 0.25) is 5.02 Å². The topological polar surface area (TPSA) is 65.8 Å². The predicted octanol–water partition coefficient (Wildman–Crippen LogP) is 4.55. The molecule has 3 rings (SSSR count). The normalized spacial score (nSPS) is 10.4. The summed E-state index contributed by atoms with van der Waals surface area (Å²) in [6, 6.07) is 14.4. The van der Waals surface area contributed by atoms with Gasteiger partial charge in [-0.25, -0.2) is 4.98 Å². The molecule has 114 valence electrons. The molecule has 0 atom stereocenters. The number of anilines is 1. The summed E-state index contributed by atoms with van der Waals surface area (Å²) >= 11 is 8.85. The Hall–Kier alpha value is -2.07. The van der Waals surface area contributed by atoms with Gasteiger partial charge in [0.15, 0.2) is 4.34 Å². The standard InChI is InChI=1S/C16H10ClN3OS2/c17-11-4-5-14-13(7-11)20-16(23-14)22-9-15(21)19-12-3-1-2-10(6-12)8-18/h1-7H,9H2,(H,19,21). The Labute approximate surface area is 146 Å². The van der Waals surface area contributed by atoms with Crippen molar-refractivity contribution in [1.29, 1.82) is 5.26 Å². The molecule has 0 aliphatic heterocycles. The number of aromatic nitrogens is 1. The lowest BCUT2D eigenvalue weighted by Crippen LogP contribution is -2.13. The first kappa shape index (κ1) is 15.8. The van der Waals surface area contributed by atoms with Gasteiger partial charge in [0.25, 0.3) is 0 Å². The first-order valence-corrected chi connectivity index (χ1v) is 8.81. The van der Waals surface area contributed by atoms with E-state index in [9.17, 15) is 4.79 Å². The van der Waals surface area contributed by atoms with Crippen LogP contribution < -0.4 is 5.32 Å². The first-order chi connectivity index (χ1) is 11.1. The van der Waals surface area contributed by atoms with Gasteiger partial charge in [-0.1, -0.05) is 29.4 Å². The van der Waals surface area contributed by atoms with Gasteiger partial charge in [-0.3, -0.25) is 4.79 Å². The Morgan fingerprint density at radius 3 is 3.04 bits per heavy atom. The second-order valence-corrected chi connectivity index (χ2v) is 7.31. The number of nitriles is 1. The van der Waals surface area contributed by atoms with E-state index in [1.165, 1.54) is 23.1 Å². The smallest absolute Gasteiger partial charge is 0.234 e. The van der Waals surface area contributed by atoms with E-state index < -0.39 is 0 Å². The zero-order valence-electron chi connectivity index (χ0n) is 11.7. The monoisotopic (exact) mass is 359 g/mol. The molecule has 0 saturated carbocycles. The lowest BCUT2D eigenvalue weighted by molar-refractivity contribution is -0.113. The van der Waals surface area contributed by atoms with E-state index in [0.717, 1.165) is 14.6 Å². The van der Waals surface area contributed by atoms with Crippen LogP contribution in [0.5, 0.6) is 0 Å². The number of thioether (sulfide) groups is 1. The van der Waals surface area contributed by atoms with Crippen molar-refractivity contribution in [3.8, 4) is 6.07 Å². The van der Waals surface area contributed by atoms with Crippen LogP contribution in [0.15, 0.2) is 46.8 Å². The highest BCUT2D eigenvalue weighted by molar-refractivity contribution is 8.01. The molecule has 0 aliphatic carbocycles. The fourth-order valence-corrected chi connectivity index (χ4v) is 3.95. The minimum absolute atomic E-state index is 0.137. The van der Waals surface area contributed by atoms with Crippen LogP contribution in [0.1, 0.15) is 5.56 Å². The van der Waals surface area contributed by atoms with E-state index in [2.05, 4.69) is 10.3 Å². The molecule has 1 amide bonds. The number of carbonyl (C=O) groups is 1. The van der Waals surface area contributed by atoms with E-state index in [-0.39, 0.29) is 11.7 Å². The molecule has 1 heterocycles. The third-order valence-corrected chi connectivity index (χ3v) is 5.35. The average Bonchev–Trinajstić information content (AvgIpc) is 2.95. The highest BCUT2D eigenvalue weighted by Gasteiger charge is 2.09. The number of carbonyl (C=O) groups excluding carboxylic acids is 1. The summed E-state index contributed by atoms with van der Waals surface area (Å²) < 4.78 is 1.86. The van der Waals surface area contributed by atoms with Crippen LogP contribution in [0, 0.1) is 11.3 Å². The molecule has 0 saturated heterocycles. The molecule has 0 bridgehead atoms. The van der Waals surface area contributed by atoms with Gasteiger partial charge in [0.1, 0.15) is 0 Å². The Balaban J connectivity index is 1.62. The van der Waals surface area contributed by atoms with E-state index in [4.69, 9.17) is 16.9 Å². The van der Waals surface area contributed by atoms with E-state index in [0.29, 0.717) is 16.3 Å². The molecular formula is C16H10ClN3OS2. The molecule has 1 aromatic heterocycles. The molecule has 1 N–H and O–H groups in total. The van der Waals surface area contributed by atoms with Gasteiger partial charge in [-0.15, -0.1) is 11.3 Å². The molecule has 2 aromatic carbocycles. The average molecular weight is 360 g/mol. The molecule has 3 aromatic rings. The van der Waals surface area contributed by atoms with E-state index >= 15 is 0 Å². The Morgan fingerprint density at radius 1 is 1.35 bits per heavy atom. The number of fused-ring (bicyclic) bond motifs is 1. The zero-order chi connectivity index (χ0) is 16.2. The summed E-state index contributed by atoms with van der Waals surface area (Å²) in [4.78, 5) is 16.4.